The van der Waals surface area contributed by atoms with E-state index >= 15 is 0 Å². The predicted molar refractivity (Wildman–Crippen MR) is 135 cm³/mol. The Hall–Kier alpha value is -3.49. The maximum absolute atomic E-state index is 13.5. The van der Waals surface area contributed by atoms with E-state index < -0.39 is 5.60 Å². The highest BCUT2D eigenvalue weighted by Crippen LogP contribution is 2.33. The molecule has 2 aromatic rings. The van der Waals surface area contributed by atoms with Crippen LogP contribution >= 0.6 is 0 Å². The second-order valence-electron chi connectivity index (χ2n) is 10.4. The monoisotopic (exact) mass is 493 g/mol. The van der Waals surface area contributed by atoms with Crippen molar-refractivity contribution in [3.8, 4) is 11.4 Å². The van der Waals surface area contributed by atoms with Gasteiger partial charge < -0.3 is 19.9 Å². The van der Waals surface area contributed by atoms with Crippen molar-refractivity contribution in [1.82, 2.24) is 25.1 Å². The molecule has 3 amide bonds. The highest BCUT2D eigenvalue weighted by molar-refractivity contribution is 5.95. The van der Waals surface area contributed by atoms with Gasteiger partial charge in [0.1, 0.15) is 5.60 Å². The van der Waals surface area contributed by atoms with E-state index in [9.17, 15) is 14.4 Å². The van der Waals surface area contributed by atoms with Gasteiger partial charge in [-0.25, -0.2) is 14.8 Å². The number of piperidine rings is 1. The van der Waals surface area contributed by atoms with Crippen molar-refractivity contribution >= 4 is 17.9 Å². The quantitative estimate of drug-likeness (QED) is 0.655. The Morgan fingerprint density at radius 1 is 0.972 bits per heavy atom. The molecule has 1 saturated heterocycles. The third kappa shape index (κ3) is 6.19. The van der Waals surface area contributed by atoms with E-state index in [1.54, 1.807) is 41.6 Å². The lowest BCUT2D eigenvalue weighted by molar-refractivity contribution is 0.0142. The van der Waals surface area contributed by atoms with Crippen LogP contribution in [0.3, 0.4) is 0 Å². The summed E-state index contributed by atoms with van der Waals surface area (Å²) in [5.74, 6) is 0.312. The van der Waals surface area contributed by atoms with Crippen LogP contribution in [0.15, 0.2) is 36.7 Å². The van der Waals surface area contributed by atoms with Crippen LogP contribution in [0.25, 0.3) is 11.4 Å². The molecule has 1 saturated carbocycles. The van der Waals surface area contributed by atoms with Gasteiger partial charge in [-0.3, -0.25) is 9.59 Å². The molecule has 0 radical (unpaired) electrons. The van der Waals surface area contributed by atoms with Crippen LogP contribution in [0.2, 0.25) is 0 Å². The van der Waals surface area contributed by atoms with Gasteiger partial charge in [-0.2, -0.15) is 0 Å². The van der Waals surface area contributed by atoms with Crippen LogP contribution in [0, 0.1) is 0 Å². The first kappa shape index (κ1) is 25.6. The summed E-state index contributed by atoms with van der Waals surface area (Å²) in [6, 6.07) is 7.39. The standard InChI is InChI=1S/C27H35N5O4/c1-5-28-24(33)19-8-6-18(7-9-19)23-29-16-20(17-30-23)25(34)32(21-10-11-21)22-12-14-31(15-13-22)26(35)36-27(2,3)4/h6-9,16-17,21-22H,5,10-15H2,1-4H3,(H,28,33). The molecule has 0 spiro atoms. The third-order valence-electron chi connectivity index (χ3n) is 6.33. The van der Waals surface area contributed by atoms with Crippen LogP contribution in [0.4, 0.5) is 4.79 Å². The molecule has 2 heterocycles. The Kier molecular flexibility index (Phi) is 7.56. The molecular formula is C27H35N5O4. The summed E-state index contributed by atoms with van der Waals surface area (Å²) in [4.78, 5) is 50.4. The molecule has 1 aromatic carbocycles. The number of ether oxygens (including phenoxy) is 1. The molecule has 2 fully saturated rings. The predicted octanol–water partition coefficient (Wildman–Crippen LogP) is 3.90. The smallest absolute Gasteiger partial charge is 0.410 e. The fraction of sp³-hybridized carbons (Fsp3) is 0.519. The molecule has 0 atom stereocenters. The topological polar surface area (TPSA) is 105 Å². The molecule has 9 nitrogen and oxygen atoms in total. The number of hydrogen-bond donors (Lipinski definition) is 1. The number of likely N-dealkylation sites (tertiary alicyclic amines) is 1. The van der Waals surface area contributed by atoms with Gasteiger partial charge in [0.2, 0.25) is 0 Å². The first-order chi connectivity index (χ1) is 17.2. The molecule has 1 aliphatic heterocycles. The van der Waals surface area contributed by atoms with Crippen molar-refractivity contribution in [2.45, 2.75) is 71.1 Å². The molecule has 36 heavy (non-hydrogen) atoms. The van der Waals surface area contributed by atoms with E-state index in [2.05, 4.69) is 15.3 Å². The molecule has 2 aliphatic rings. The number of carbonyl (C=O) groups excluding carboxylic acids is 3. The van der Waals surface area contributed by atoms with E-state index in [0.29, 0.717) is 36.6 Å². The van der Waals surface area contributed by atoms with Crippen LogP contribution in [-0.4, -0.2) is 75.0 Å². The van der Waals surface area contributed by atoms with Crippen LogP contribution < -0.4 is 5.32 Å². The van der Waals surface area contributed by atoms with Gasteiger partial charge in [-0.1, -0.05) is 12.1 Å². The first-order valence-corrected chi connectivity index (χ1v) is 12.7. The summed E-state index contributed by atoms with van der Waals surface area (Å²) in [7, 11) is 0. The minimum atomic E-state index is -0.526. The fourth-order valence-corrected chi connectivity index (χ4v) is 4.41. The Morgan fingerprint density at radius 3 is 2.08 bits per heavy atom. The maximum atomic E-state index is 13.5. The molecule has 1 N–H and O–H groups in total. The fourth-order valence-electron chi connectivity index (χ4n) is 4.41. The van der Waals surface area contributed by atoms with Gasteiger partial charge in [0.25, 0.3) is 11.8 Å². The first-order valence-electron chi connectivity index (χ1n) is 12.7. The highest BCUT2D eigenvalue weighted by atomic mass is 16.6. The zero-order chi connectivity index (χ0) is 25.9. The van der Waals surface area contributed by atoms with Gasteiger partial charge in [-0.05, 0) is 65.5 Å². The lowest BCUT2D eigenvalue weighted by Crippen LogP contribution is -2.50. The molecule has 192 valence electrons. The molecule has 0 bridgehead atoms. The number of nitrogens with one attached hydrogen (secondary N) is 1. The normalized spacial score (nSPS) is 16.4. The average Bonchev–Trinajstić information content (AvgIpc) is 3.69. The minimum Gasteiger partial charge on any atom is -0.444 e. The molecule has 1 aliphatic carbocycles. The average molecular weight is 494 g/mol. The zero-order valence-electron chi connectivity index (χ0n) is 21.5. The number of rotatable bonds is 6. The lowest BCUT2D eigenvalue weighted by Gasteiger charge is -2.39. The van der Waals surface area contributed by atoms with Crippen molar-refractivity contribution in [3.63, 3.8) is 0 Å². The number of aromatic nitrogens is 2. The SMILES string of the molecule is CCNC(=O)c1ccc(-c2ncc(C(=O)N(C3CC3)C3CCN(C(=O)OC(C)(C)C)CC3)cn2)cc1. The largest absolute Gasteiger partial charge is 0.444 e. The summed E-state index contributed by atoms with van der Waals surface area (Å²) in [6.07, 6.45) is 6.29. The Bertz CT molecular complexity index is 1080. The summed E-state index contributed by atoms with van der Waals surface area (Å²) in [6.45, 7) is 9.16. The highest BCUT2D eigenvalue weighted by Gasteiger charge is 2.40. The minimum absolute atomic E-state index is 0.0636. The van der Waals surface area contributed by atoms with E-state index in [0.717, 1.165) is 31.2 Å². The van der Waals surface area contributed by atoms with E-state index in [4.69, 9.17) is 4.74 Å². The summed E-state index contributed by atoms with van der Waals surface area (Å²) >= 11 is 0. The van der Waals surface area contributed by atoms with Crippen LogP contribution in [-0.2, 0) is 4.74 Å². The second kappa shape index (κ2) is 10.6. The molecule has 9 heteroatoms. The van der Waals surface area contributed by atoms with Gasteiger partial charge in [0.15, 0.2) is 5.82 Å². The third-order valence-corrected chi connectivity index (χ3v) is 6.33. The number of amides is 3. The van der Waals surface area contributed by atoms with Crippen molar-refractivity contribution in [2.24, 2.45) is 0 Å². The van der Waals surface area contributed by atoms with E-state index in [1.807, 2.05) is 32.6 Å². The summed E-state index contributed by atoms with van der Waals surface area (Å²) < 4.78 is 5.50. The Morgan fingerprint density at radius 2 is 1.56 bits per heavy atom. The van der Waals surface area contributed by atoms with Gasteiger partial charge in [0, 0.05) is 55.2 Å². The van der Waals surface area contributed by atoms with Crippen molar-refractivity contribution in [3.05, 3.63) is 47.8 Å². The Balaban J connectivity index is 1.40. The van der Waals surface area contributed by atoms with Crippen molar-refractivity contribution < 1.29 is 19.1 Å². The number of carbonyl (C=O) groups is 3. The van der Waals surface area contributed by atoms with E-state index in [1.165, 1.54) is 0 Å². The molecular weight excluding hydrogens is 458 g/mol. The van der Waals surface area contributed by atoms with Gasteiger partial charge >= 0.3 is 6.09 Å². The summed E-state index contributed by atoms with van der Waals surface area (Å²) in [5, 5.41) is 2.77. The van der Waals surface area contributed by atoms with Gasteiger partial charge in [-0.15, -0.1) is 0 Å². The number of nitrogens with zero attached hydrogens (tertiary/aromatic N) is 4. The van der Waals surface area contributed by atoms with Crippen molar-refractivity contribution in [1.29, 1.82) is 0 Å². The Labute approximate surface area is 212 Å². The molecule has 1 aromatic heterocycles. The molecule has 0 unspecified atom stereocenters. The van der Waals surface area contributed by atoms with Crippen LogP contribution in [0.1, 0.15) is 74.1 Å². The zero-order valence-corrected chi connectivity index (χ0v) is 21.5. The summed E-state index contributed by atoms with van der Waals surface area (Å²) in [5.41, 5.74) is 1.28. The van der Waals surface area contributed by atoms with Gasteiger partial charge in [0.05, 0.1) is 5.56 Å². The van der Waals surface area contributed by atoms with E-state index in [-0.39, 0.29) is 30.0 Å². The number of benzene rings is 1. The maximum Gasteiger partial charge on any atom is 0.410 e. The molecule has 4 rings (SSSR count). The van der Waals surface area contributed by atoms with Crippen LogP contribution in [0.5, 0.6) is 0 Å². The lowest BCUT2D eigenvalue weighted by atomic mass is 10.0. The number of hydrogen-bond acceptors (Lipinski definition) is 6. The van der Waals surface area contributed by atoms with Crippen molar-refractivity contribution in [2.75, 3.05) is 19.6 Å². The second-order valence-corrected chi connectivity index (χ2v) is 10.4.